The second-order valence-electron chi connectivity index (χ2n) is 7.27. The van der Waals surface area contributed by atoms with Crippen molar-refractivity contribution in [3.63, 3.8) is 0 Å². The van der Waals surface area contributed by atoms with Crippen molar-refractivity contribution < 1.29 is 13.2 Å². The van der Waals surface area contributed by atoms with E-state index in [0.717, 1.165) is 19.3 Å². The Kier molecular flexibility index (Phi) is 2.85. The first-order valence-electron chi connectivity index (χ1n) is 7.49. The SMILES string of the molecule is CC[C@@H](N)C(=O)N1[C@H]2C[C@@H]3CC[C@@]2(CS1(=O)=O)C3(C)C. The number of carbonyl (C=O) groups is 1. The maximum absolute atomic E-state index is 12.6. The lowest BCUT2D eigenvalue weighted by Gasteiger charge is -2.37. The smallest absolute Gasteiger partial charge is 0.253 e. The molecule has 114 valence electrons. The third-order valence-electron chi connectivity index (χ3n) is 6.39. The summed E-state index contributed by atoms with van der Waals surface area (Å²) in [5.74, 6) is 0.241. The number of hydrogen-bond acceptors (Lipinski definition) is 4. The van der Waals surface area contributed by atoms with Crippen LogP contribution in [-0.4, -0.2) is 36.5 Å². The first-order chi connectivity index (χ1) is 9.17. The van der Waals surface area contributed by atoms with Crippen LogP contribution < -0.4 is 5.73 Å². The molecule has 1 amide bonds. The fourth-order valence-corrected chi connectivity index (χ4v) is 7.50. The molecule has 0 radical (unpaired) electrons. The van der Waals surface area contributed by atoms with E-state index in [1.54, 1.807) is 0 Å². The van der Waals surface area contributed by atoms with Gasteiger partial charge in [-0.25, -0.2) is 12.7 Å². The largest absolute Gasteiger partial charge is 0.320 e. The van der Waals surface area contributed by atoms with E-state index in [2.05, 4.69) is 13.8 Å². The monoisotopic (exact) mass is 300 g/mol. The predicted octanol–water partition coefficient (Wildman–Crippen LogP) is 1.09. The Morgan fingerprint density at radius 2 is 2.10 bits per heavy atom. The van der Waals surface area contributed by atoms with Gasteiger partial charge in [0.1, 0.15) is 0 Å². The van der Waals surface area contributed by atoms with Gasteiger partial charge in [-0.2, -0.15) is 0 Å². The molecule has 3 aliphatic rings. The molecule has 3 fully saturated rings. The minimum Gasteiger partial charge on any atom is -0.320 e. The molecule has 0 aromatic rings. The van der Waals surface area contributed by atoms with E-state index < -0.39 is 22.0 Å². The Morgan fingerprint density at radius 1 is 1.45 bits per heavy atom. The number of nitrogens with two attached hydrogens (primary N) is 1. The van der Waals surface area contributed by atoms with E-state index in [1.807, 2.05) is 6.92 Å². The van der Waals surface area contributed by atoms with Crippen LogP contribution in [0, 0.1) is 16.7 Å². The van der Waals surface area contributed by atoms with Crippen molar-refractivity contribution in [1.82, 2.24) is 4.31 Å². The van der Waals surface area contributed by atoms with Gasteiger partial charge in [-0.15, -0.1) is 0 Å². The molecule has 5 nitrogen and oxygen atoms in total. The average molecular weight is 300 g/mol. The highest BCUT2D eigenvalue weighted by Gasteiger charge is 2.72. The van der Waals surface area contributed by atoms with Gasteiger partial charge in [0.2, 0.25) is 10.0 Å². The van der Waals surface area contributed by atoms with Crippen LogP contribution in [0.4, 0.5) is 0 Å². The van der Waals surface area contributed by atoms with Gasteiger partial charge in [0.05, 0.1) is 17.8 Å². The van der Waals surface area contributed by atoms with Crippen LogP contribution >= 0.6 is 0 Å². The van der Waals surface area contributed by atoms with Crippen molar-refractivity contribution in [1.29, 1.82) is 0 Å². The maximum atomic E-state index is 12.6. The van der Waals surface area contributed by atoms with Crippen LogP contribution in [0.15, 0.2) is 0 Å². The van der Waals surface area contributed by atoms with Crippen molar-refractivity contribution in [2.45, 2.75) is 58.5 Å². The molecule has 20 heavy (non-hydrogen) atoms. The Bertz CT molecular complexity index is 557. The molecule has 2 N–H and O–H groups in total. The molecule has 1 saturated heterocycles. The van der Waals surface area contributed by atoms with E-state index in [9.17, 15) is 13.2 Å². The Hall–Kier alpha value is -0.620. The van der Waals surface area contributed by atoms with Crippen LogP contribution in [0.3, 0.4) is 0 Å². The average Bonchev–Trinajstić information content (AvgIpc) is 2.83. The number of amides is 1. The van der Waals surface area contributed by atoms with Crippen molar-refractivity contribution in [3.8, 4) is 0 Å². The number of rotatable bonds is 2. The summed E-state index contributed by atoms with van der Waals surface area (Å²) < 4.78 is 26.3. The van der Waals surface area contributed by atoms with Gasteiger partial charge in [0, 0.05) is 5.41 Å². The van der Waals surface area contributed by atoms with Crippen LogP contribution in [0.25, 0.3) is 0 Å². The first kappa shape index (κ1) is 14.3. The minimum atomic E-state index is -3.51. The Balaban J connectivity index is 2.05. The summed E-state index contributed by atoms with van der Waals surface area (Å²) >= 11 is 0. The van der Waals surface area contributed by atoms with Crippen molar-refractivity contribution in [3.05, 3.63) is 0 Å². The molecule has 0 aromatic heterocycles. The number of carbonyl (C=O) groups excluding carboxylic acids is 1. The molecular formula is C14H24N2O3S. The Labute approximate surface area is 120 Å². The second-order valence-corrected chi connectivity index (χ2v) is 9.12. The lowest BCUT2D eigenvalue weighted by molar-refractivity contribution is -0.130. The minimum absolute atomic E-state index is 0.00389. The van der Waals surface area contributed by atoms with Gasteiger partial charge in [-0.1, -0.05) is 20.8 Å². The molecule has 1 heterocycles. The van der Waals surface area contributed by atoms with Crippen molar-refractivity contribution in [2.75, 3.05) is 5.75 Å². The van der Waals surface area contributed by atoms with Crippen molar-refractivity contribution in [2.24, 2.45) is 22.5 Å². The number of hydrogen-bond donors (Lipinski definition) is 1. The van der Waals surface area contributed by atoms with E-state index in [0.29, 0.717) is 12.3 Å². The number of nitrogens with zero attached hydrogens (tertiary/aromatic N) is 1. The van der Waals surface area contributed by atoms with Crippen LogP contribution in [0.5, 0.6) is 0 Å². The van der Waals surface area contributed by atoms with Gasteiger partial charge < -0.3 is 5.73 Å². The van der Waals surface area contributed by atoms with Gasteiger partial charge >= 0.3 is 0 Å². The highest BCUT2D eigenvalue weighted by atomic mass is 32.2. The highest BCUT2D eigenvalue weighted by molar-refractivity contribution is 7.90. The molecule has 0 unspecified atom stereocenters. The fourth-order valence-electron chi connectivity index (χ4n) is 4.92. The zero-order valence-electron chi connectivity index (χ0n) is 12.4. The molecule has 1 aliphatic heterocycles. The molecule has 6 heteroatoms. The van der Waals surface area contributed by atoms with Crippen molar-refractivity contribution >= 4 is 15.9 Å². The maximum Gasteiger partial charge on any atom is 0.253 e. The lowest BCUT2D eigenvalue weighted by atomic mass is 9.69. The van der Waals surface area contributed by atoms with Crippen LogP contribution in [0.1, 0.15) is 46.5 Å². The summed E-state index contributed by atoms with van der Waals surface area (Å²) in [4.78, 5) is 12.4. The second kappa shape index (κ2) is 3.97. The van der Waals surface area contributed by atoms with E-state index in [4.69, 9.17) is 5.73 Å². The van der Waals surface area contributed by atoms with Gasteiger partial charge in [-0.05, 0) is 37.0 Å². The van der Waals surface area contributed by atoms with E-state index in [1.165, 1.54) is 4.31 Å². The van der Waals surface area contributed by atoms with Gasteiger partial charge in [0.25, 0.3) is 5.91 Å². The van der Waals surface area contributed by atoms with E-state index >= 15 is 0 Å². The third kappa shape index (κ3) is 1.47. The summed E-state index contributed by atoms with van der Waals surface area (Å²) in [5.41, 5.74) is 5.55. The number of fused-ring (bicyclic) bond motifs is 1. The molecule has 1 spiro atoms. The van der Waals surface area contributed by atoms with Crippen LogP contribution in [-0.2, 0) is 14.8 Å². The summed E-state index contributed by atoms with van der Waals surface area (Å²) in [5, 5.41) is 0. The molecule has 3 rings (SSSR count). The van der Waals surface area contributed by atoms with Gasteiger partial charge in [0.15, 0.2) is 0 Å². The first-order valence-corrected chi connectivity index (χ1v) is 9.10. The summed E-state index contributed by atoms with van der Waals surface area (Å²) in [7, 11) is -3.51. The molecule has 2 saturated carbocycles. The molecule has 2 aliphatic carbocycles. The zero-order chi connectivity index (χ0) is 14.9. The summed E-state index contributed by atoms with van der Waals surface area (Å²) in [6, 6.07) is -0.867. The lowest BCUT2D eigenvalue weighted by Crippen LogP contribution is -2.50. The summed E-state index contributed by atoms with van der Waals surface area (Å²) in [6.45, 7) is 6.16. The highest BCUT2D eigenvalue weighted by Crippen LogP contribution is 2.69. The zero-order valence-corrected chi connectivity index (χ0v) is 13.2. The molecule has 4 atom stereocenters. The Morgan fingerprint density at radius 3 is 2.65 bits per heavy atom. The fraction of sp³-hybridized carbons (Fsp3) is 0.929. The van der Waals surface area contributed by atoms with Gasteiger partial charge in [-0.3, -0.25) is 4.79 Å². The number of sulfonamides is 1. The quantitative estimate of drug-likeness (QED) is 0.828. The molecule has 0 aromatic carbocycles. The molecular weight excluding hydrogens is 276 g/mol. The normalized spacial score (nSPS) is 41.7. The van der Waals surface area contributed by atoms with E-state index in [-0.39, 0.29) is 22.6 Å². The molecule has 2 bridgehead atoms. The third-order valence-corrected chi connectivity index (χ3v) is 8.30. The predicted molar refractivity (Wildman–Crippen MR) is 76.2 cm³/mol. The topological polar surface area (TPSA) is 80.5 Å². The standard InChI is InChI=1S/C14H24N2O3S/c1-4-10(15)12(17)16-11-7-9-5-6-14(11,13(9,2)3)8-20(16,18)19/h9-11H,4-8,15H2,1-3H3/t9-,10+,11-,14-/m0/s1. The summed E-state index contributed by atoms with van der Waals surface area (Å²) in [6.07, 6.45) is 3.28. The van der Waals surface area contributed by atoms with Crippen LogP contribution in [0.2, 0.25) is 0 Å².